The van der Waals surface area contributed by atoms with Crippen molar-refractivity contribution < 1.29 is 9.47 Å². The quantitative estimate of drug-likeness (QED) is 0.838. The van der Waals surface area contributed by atoms with E-state index in [1.807, 2.05) is 19.2 Å². The van der Waals surface area contributed by atoms with Gasteiger partial charge in [0.15, 0.2) is 0 Å². The van der Waals surface area contributed by atoms with Gasteiger partial charge in [0, 0.05) is 18.2 Å². The molecule has 1 aliphatic heterocycles. The molecule has 4 heteroatoms. The average Bonchev–Trinajstić information content (AvgIpc) is 2.54. The standard InChI is InChI=1S/C17H28N2O2/c1-18-10-9-15-6-4-5-11-19(15)13-14-12-16(20-2)7-8-17(14)21-3/h7-8,12,15,18H,4-6,9-11,13H2,1-3H3. The Morgan fingerprint density at radius 1 is 1.24 bits per heavy atom. The van der Waals surface area contributed by atoms with Crippen molar-refractivity contribution >= 4 is 0 Å². The van der Waals surface area contributed by atoms with Crippen LogP contribution in [0.4, 0.5) is 0 Å². The van der Waals surface area contributed by atoms with Crippen LogP contribution in [0.2, 0.25) is 0 Å². The second-order valence-electron chi connectivity index (χ2n) is 5.69. The van der Waals surface area contributed by atoms with Crippen LogP contribution in [0.3, 0.4) is 0 Å². The Kier molecular flexibility index (Phi) is 6.33. The first-order valence-electron chi connectivity index (χ1n) is 7.88. The highest BCUT2D eigenvalue weighted by Gasteiger charge is 2.23. The van der Waals surface area contributed by atoms with Crippen LogP contribution in [-0.2, 0) is 6.54 Å². The van der Waals surface area contributed by atoms with E-state index in [-0.39, 0.29) is 0 Å². The fraction of sp³-hybridized carbons (Fsp3) is 0.647. The van der Waals surface area contributed by atoms with Crippen molar-refractivity contribution in [3.8, 4) is 11.5 Å². The first kappa shape index (κ1) is 16.1. The van der Waals surface area contributed by atoms with Gasteiger partial charge in [0.25, 0.3) is 0 Å². The molecule has 0 spiro atoms. The molecule has 0 radical (unpaired) electrons. The van der Waals surface area contributed by atoms with Crippen molar-refractivity contribution in [2.45, 2.75) is 38.3 Å². The third kappa shape index (κ3) is 4.35. The summed E-state index contributed by atoms with van der Waals surface area (Å²) in [5.74, 6) is 1.85. The normalized spacial score (nSPS) is 19.5. The molecule has 0 aliphatic carbocycles. The Labute approximate surface area is 128 Å². The summed E-state index contributed by atoms with van der Waals surface area (Å²) in [5, 5.41) is 3.27. The van der Waals surface area contributed by atoms with Crippen molar-refractivity contribution in [3.05, 3.63) is 23.8 Å². The van der Waals surface area contributed by atoms with Gasteiger partial charge < -0.3 is 14.8 Å². The Balaban J connectivity index is 2.10. The summed E-state index contributed by atoms with van der Waals surface area (Å²) in [6, 6.07) is 6.72. The number of nitrogens with one attached hydrogen (secondary N) is 1. The Morgan fingerprint density at radius 3 is 2.81 bits per heavy atom. The lowest BCUT2D eigenvalue weighted by Gasteiger charge is -2.36. The van der Waals surface area contributed by atoms with Gasteiger partial charge in [-0.15, -0.1) is 0 Å². The van der Waals surface area contributed by atoms with Gasteiger partial charge in [0.1, 0.15) is 11.5 Å². The van der Waals surface area contributed by atoms with Gasteiger partial charge in [-0.1, -0.05) is 6.42 Å². The van der Waals surface area contributed by atoms with Crippen LogP contribution < -0.4 is 14.8 Å². The molecular formula is C17H28N2O2. The highest BCUT2D eigenvalue weighted by molar-refractivity contribution is 5.40. The molecule has 1 saturated heterocycles. The number of likely N-dealkylation sites (tertiary alicyclic amines) is 1. The number of benzene rings is 1. The van der Waals surface area contributed by atoms with Crippen molar-refractivity contribution in [2.24, 2.45) is 0 Å². The molecule has 1 atom stereocenters. The molecule has 0 amide bonds. The maximum Gasteiger partial charge on any atom is 0.123 e. The Bertz CT molecular complexity index is 437. The van der Waals surface area contributed by atoms with Crippen LogP contribution in [0.25, 0.3) is 0 Å². The SMILES string of the molecule is CNCCC1CCCCN1Cc1cc(OC)ccc1OC. The second kappa shape index (κ2) is 8.25. The fourth-order valence-electron chi connectivity index (χ4n) is 3.13. The molecule has 1 aromatic rings. The number of piperidine rings is 1. The minimum Gasteiger partial charge on any atom is -0.497 e. The molecule has 0 aromatic heterocycles. The molecular weight excluding hydrogens is 264 g/mol. The molecule has 0 bridgehead atoms. The van der Waals surface area contributed by atoms with Gasteiger partial charge >= 0.3 is 0 Å². The number of ether oxygens (including phenoxy) is 2. The molecule has 1 aliphatic rings. The minimum atomic E-state index is 0.669. The number of hydrogen-bond acceptors (Lipinski definition) is 4. The summed E-state index contributed by atoms with van der Waals surface area (Å²) in [6.07, 6.45) is 5.15. The van der Waals surface area contributed by atoms with E-state index in [0.29, 0.717) is 6.04 Å². The molecule has 2 rings (SSSR count). The first-order valence-corrected chi connectivity index (χ1v) is 7.88. The third-order valence-corrected chi connectivity index (χ3v) is 4.34. The molecule has 1 N–H and O–H groups in total. The van der Waals surface area contributed by atoms with E-state index in [1.54, 1.807) is 14.2 Å². The average molecular weight is 292 g/mol. The van der Waals surface area contributed by atoms with E-state index in [1.165, 1.54) is 37.8 Å². The highest BCUT2D eigenvalue weighted by Crippen LogP contribution is 2.28. The summed E-state index contributed by atoms with van der Waals surface area (Å²) in [4.78, 5) is 2.60. The van der Waals surface area contributed by atoms with E-state index in [9.17, 15) is 0 Å². The first-order chi connectivity index (χ1) is 10.3. The zero-order valence-corrected chi connectivity index (χ0v) is 13.5. The fourth-order valence-corrected chi connectivity index (χ4v) is 3.13. The molecule has 21 heavy (non-hydrogen) atoms. The minimum absolute atomic E-state index is 0.669. The summed E-state index contributed by atoms with van der Waals surface area (Å²) in [6.45, 7) is 3.19. The van der Waals surface area contributed by atoms with Crippen LogP contribution >= 0.6 is 0 Å². The van der Waals surface area contributed by atoms with Crippen LogP contribution in [0, 0.1) is 0 Å². The summed E-state index contributed by atoms with van der Waals surface area (Å²) in [7, 11) is 5.47. The lowest BCUT2D eigenvalue weighted by molar-refractivity contribution is 0.131. The van der Waals surface area contributed by atoms with E-state index in [0.717, 1.165) is 24.6 Å². The van der Waals surface area contributed by atoms with Crippen LogP contribution in [0.1, 0.15) is 31.2 Å². The smallest absolute Gasteiger partial charge is 0.123 e. The van der Waals surface area contributed by atoms with Crippen LogP contribution in [-0.4, -0.2) is 45.3 Å². The topological polar surface area (TPSA) is 33.7 Å². The number of hydrogen-bond donors (Lipinski definition) is 1. The molecule has 1 aromatic carbocycles. The van der Waals surface area contributed by atoms with Gasteiger partial charge in [-0.3, -0.25) is 4.90 Å². The van der Waals surface area contributed by atoms with Crippen molar-refractivity contribution in [3.63, 3.8) is 0 Å². The van der Waals surface area contributed by atoms with Gasteiger partial charge in [0.05, 0.1) is 14.2 Å². The highest BCUT2D eigenvalue weighted by atomic mass is 16.5. The van der Waals surface area contributed by atoms with Crippen molar-refractivity contribution in [1.82, 2.24) is 10.2 Å². The number of nitrogens with zero attached hydrogens (tertiary/aromatic N) is 1. The molecule has 1 unspecified atom stereocenters. The third-order valence-electron chi connectivity index (χ3n) is 4.34. The van der Waals surface area contributed by atoms with Crippen LogP contribution in [0.5, 0.6) is 11.5 Å². The van der Waals surface area contributed by atoms with Crippen molar-refractivity contribution in [2.75, 3.05) is 34.4 Å². The summed E-state index contributed by atoms with van der Waals surface area (Å²) < 4.78 is 10.9. The summed E-state index contributed by atoms with van der Waals surface area (Å²) >= 11 is 0. The predicted molar refractivity (Wildman–Crippen MR) is 86.1 cm³/mol. The largest absolute Gasteiger partial charge is 0.497 e. The summed E-state index contributed by atoms with van der Waals surface area (Å²) in [5.41, 5.74) is 1.22. The monoisotopic (exact) mass is 292 g/mol. The van der Waals surface area contributed by atoms with E-state index in [2.05, 4.69) is 16.3 Å². The molecule has 1 heterocycles. The second-order valence-corrected chi connectivity index (χ2v) is 5.69. The van der Waals surface area contributed by atoms with Crippen molar-refractivity contribution in [1.29, 1.82) is 0 Å². The molecule has 0 saturated carbocycles. The maximum atomic E-state index is 5.51. The van der Waals surface area contributed by atoms with Gasteiger partial charge in [-0.25, -0.2) is 0 Å². The lowest BCUT2D eigenvalue weighted by Crippen LogP contribution is -2.40. The Morgan fingerprint density at radius 2 is 2.10 bits per heavy atom. The Hall–Kier alpha value is -1.26. The lowest BCUT2D eigenvalue weighted by atomic mass is 9.98. The van der Waals surface area contributed by atoms with Crippen LogP contribution in [0.15, 0.2) is 18.2 Å². The van der Waals surface area contributed by atoms with E-state index < -0.39 is 0 Å². The molecule has 118 valence electrons. The van der Waals surface area contributed by atoms with Gasteiger partial charge in [-0.2, -0.15) is 0 Å². The molecule has 4 nitrogen and oxygen atoms in total. The zero-order chi connectivity index (χ0) is 15.1. The zero-order valence-electron chi connectivity index (χ0n) is 13.5. The van der Waals surface area contributed by atoms with Gasteiger partial charge in [0.2, 0.25) is 0 Å². The predicted octanol–water partition coefficient (Wildman–Crippen LogP) is 2.67. The van der Waals surface area contributed by atoms with E-state index >= 15 is 0 Å². The van der Waals surface area contributed by atoms with Gasteiger partial charge in [-0.05, 0) is 57.6 Å². The number of rotatable bonds is 7. The number of methoxy groups -OCH3 is 2. The molecule has 1 fully saturated rings. The van der Waals surface area contributed by atoms with E-state index in [4.69, 9.17) is 9.47 Å². The maximum absolute atomic E-state index is 5.51.